The predicted octanol–water partition coefficient (Wildman–Crippen LogP) is 2.51. The smallest absolute Gasteiger partial charge is 0.320 e. The van der Waals surface area contributed by atoms with Crippen LogP contribution in [0.3, 0.4) is 0 Å². The van der Waals surface area contributed by atoms with Crippen LogP contribution in [0.25, 0.3) is 0 Å². The van der Waals surface area contributed by atoms with E-state index in [1.165, 1.54) is 12.1 Å². The minimum Gasteiger partial charge on any atom is -0.465 e. The molecule has 0 heterocycles. The van der Waals surface area contributed by atoms with Crippen molar-refractivity contribution in [2.24, 2.45) is 0 Å². The van der Waals surface area contributed by atoms with Gasteiger partial charge in [0.15, 0.2) is 0 Å². The zero-order valence-corrected chi connectivity index (χ0v) is 12.2. The number of benzene rings is 1. The minimum atomic E-state index is -0.854. The van der Waals surface area contributed by atoms with Gasteiger partial charge in [-0.2, -0.15) is 4.39 Å². The fourth-order valence-corrected chi connectivity index (χ4v) is 1.99. The average molecular weight is 298 g/mol. The van der Waals surface area contributed by atoms with Crippen molar-refractivity contribution in [1.29, 1.82) is 0 Å². The fraction of sp³-hybridized carbons (Fsp3) is 0.500. The summed E-state index contributed by atoms with van der Waals surface area (Å²) < 4.78 is 18.9. The Bertz CT molecular complexity index is 508. The molecular weight excluding hydrogens is 279 g/mol. The summed E-state index contributed by atoms with van der Waals surface area (Å²) in [5.41, 5.74) is -0.359. The van der Waals surface area contributed by atoms with E-state index in [2.05, 4.69) is 0 Å². The molecule has 0 bridgehead atoms. The number of ether oxygens (including phenoxy) is 1. The summed E-state index contributed by atoms with van der Waals surface area (Å²) in [6.07, 6.45) is 0.774. The number of hydrogen-bond acceptors (Lipinski definition) is 5. The molecule has 0 radical (unpaired) electrons. The van der Waals surface area contributed by atoms with Gasteiger partial charge in [-0.1, -0.05) is 19.1 Å². The third kappa shape index (κ3) is 5.11. The van der Waals surface area contributed by atoms with Crippen molar-refractivity contribution in [3.05, 3.63) is 39.7 Å². The van der Waals surface area contributed by atoms with Crippen LogP contribution in [0.15, 0.2) is 18.2 Å². The van der Waals surface area contributed by atoms with Gasteiger partial charge in [-0.25, -0.2) is 0 Å². The first-order valence-electron chi connectivity index (χ1n) is 6.79. The topological polar surface area (TPSA) is 72.7 Å². The second-order valence-corrected chi connectivity index (χ2v) is 4.52. The average Bonchev–Trinajstić information content (AvgIpc) is 2.41. The summed E-state index contributed by atoms with van der Waals surface area (Å²) in [6, 6.07) is 4.04. The second kappa shape index (κ2) is 8.31. The molecule has 0 spiro atoms. The molecule has 0 atom stereocenters. The van der Waals surface area contributed by atoms with E-state index in [1.54, 1.807) is 11.8 Å². The van der Waals surface area contributed by atoms with E-state index in [0.29, 0.717) is 6.54 Å². The van der Waals surface area contributed by atoms with E-state index in [9.17, 15) is 19.3 Å². The molecule has 0 unspecified atom stereocenters. The highest BCUT2D eigenvalue weighted by molar-refractivity contribution is 5.71. The SMILES string of the molecule is CCCN(CC(=O)OCC)Cc1cccc([N+](=O)[O-])c1F. The molecule has 0 aromatic heterocycles. The quantitative estimate of drug-likeness (QED) is 0.419. The summed E-state index contributed by atoms with van der Waals surface area (Å²) in [5.74, 6) is -1.25. The van der Waals surface area contributed by atoms with Gasteiger partial charge >= 0.3 is 11.7 Å². The lowest BCUT2D eigenvalue weighted by atomic mass is 10.1. The number of nitro groups is 1. The van der Waals surface area contributed by atoms with E-state index in [-0.39, 0.29) is 25.3 Å². The molecule has 0 fully saturated rings. The van der Waals surface area contributed by atoms with Crippen molar-refractivity contribution in [1.82, 2.24) is 4.90 Å². The lowest BCUT2D eigenvalue weighted by Crippen LogP contribution is -2.31. The Balaban J connectivity index is 2.86. The molecule has 21 heavy (non-hydrogen) atoms. The van der Waals surface area contributed by atoms with Crippen molar-refractivity contribution >= 4 is 11.7 Å². The Hall–Kier alpha value is -2.02. The molecule has 0 aliphatic carbocycles. The van der Waals surface area contributed by atoms with Crippen molar-refractivity contribution in [3.8, 4) is 0 Å². The molecule has 7 heteroatoms. The normalized spacial score (nSPS) is 10.7. The van der Waals surface area contributed by atoms with Crippen molar-refractivity contribution in [3.63, 3.8) is 0 Å². The molecule has 1 aromatic carbocycles. The fourth-order valence-electron chi connectivity index (χ4n) is 1.99. The first-order chi connectivity index (χ1) is 9.99. The van der Waals surface area contributed by atoms with Crippen LogP contribution >= 0.6 is 0 Å². The van der Waals surface area contributed by atoms with Crippen LogP contribution in [0.2, 0.25) is 0 Å². The van der Waals surface area contributed by atoms with Gasteiger partial charge in [-0.05, 0) is 19.9 Å². The lowest BCUT2D eigenvalue weighted by molar-refractivity contribution is -0.387. The maximum atomic E-state index is 14.0. The number of carbonyl (C=O) groups is 1. The number of rotatable bonds is 8. The molecule has 0 saturated carbocycles. The standard InChI is InChI=1S/C14H19FN2O4/c1-3-8-16(10-13(18)21-4-2)9-11-6-5-7-12(14(11)15)17(19)20/h5-7H,3-4,8-10H2,1-2H3. The van der Waals surface area contributed by atoms with Crippen LogP contribution < -0.4 is 0 Å². The number of hydrogen-bond donors (Lipinski definition) is 0. The van der Waals surface area contributed by atoms with Gasteiger partial charge in [0.2, 0.25) is 5.82 Å². The Morgan fingerprint density at radius 2 is 2.14 bits per heavy atom. The zero-order chi connectivity index (χ0) is 15.8. The monoisotopic (exact) mass is 298 g/mol. The maximum absolute atomic E-state index is 14.0. The number of halogens is 1. The Morgan fingerprint density at radius 3 is 2.71 bits per heavy atom. The number of esters is 1. The summed E-state index contributed by atoms with van der Waals surface area (Å²) in [5, 5.41) is 10.7. The third-order valence-corrected chi connectivity index (χ3v) is 2.85. The van der Waals surface area contributed by atoms with Gasteiger partial charge in [0.25, 0.3) is 0 Å². The largest absolute Gasteiger partial charge is 0.465 e. The zero-order valence-electron chi connectivity index (χ0n) is 12.2. The summed E-state index contributed by atoms with van der Waals surface area (Å²) in [4.78, 5) is 23.2. The molecule has 1 rings (SSSR count). The highest BCUT2D eigenvalue weighted by Crippen LogP contribution is 2.21. The highest BCUT2D eigenvalue weighted by atomic mass is 19.1. The molecule has 116 valence electrons. The van der Waals surface area contributed by atoms with Gasteiger partial charge in [-0.15, -0.1) is 0 Å². The van der Waals surface area contributed by atoms with Crippen LogP contribution in [0.4, 0.5) is 10.1 Å². The molecule has 6 nitrogen and oxygen atoms in total. The van der Waals surface area contributed by atoms with Gasteiger partial charge in [0, 0.05) is 18.2 Å². The molecule has 0 amide bonds. The summed E-state index contributed by atoms with van der Waals surface area (Å²) >= 11 is 0. The van der Waals surface area contributed by atoms with Gasteiger partial charge < -0.3 is 4.74 Å². The van der Waals surface area contributed by atoms with E-state index in [0.717, 1.165) is 12.5 Å². The van der Waals surface area contributed by atoms with Crippen LogP contribution in [0.1, 0.15) is 25.8 Å². The molecule has 0 aliphatic rings. The van der Waals surface area contributed by atoms with Crippen LogP contribution in [-0.2, 0) is 16.1 Å². The van der Waals surface area contributed by atoms with Crippen LogP contribution in [0.5, 0.6) is 0 Å². The molecule has 0 N–H and O–H groups in total. The maximum Gasteiger partial charge on any atom is 0.320 e. The van der Waals surface area contributed by atoms with E-state index in [4.69, 9.17) is 4.74 Å². The van der Waals surface area contributed by atoms with E-state index in [1.807, 2.05) is 6.92 Å². The van der Waals surface area contributed by atoms with Gasteiger partial charge in [0.05, 0.1) is 18.1 Å². The van der Waals surface area contributed by atoms with Crippen LogP contribution in [0, 0.1) is 15.9 Å². The number of carbonyl (C=O) groups excluding carboxylic acids is 1. The molecule has 0 aliphatic heterocycles. The van der Waals surface area contributed by atoms with Crippen LogP contribution in [-0.4, -0.2) is 35.5 Å². The van der Waals surface area contributed by atoms with Crippen molar-refractivity contribution in [2.45, 2.75) is 26.8 Å². The second-order valence-electron chi connectivity index (χ2n) is 4.52. The summed E-state index contributed by atoms with van der Waals surface area (Å²) in [6.45, 7) is 4.65. The number of nitro benzene ring substituents is 1. The Kier molecular flexibility index (Phi) is 6.74. The van der Waals surface area contributed by atoms with Crippen molar-refractivity contribution < 1.29 is 18.8 Å². The Labute approximate surface area is 122 Å². The number of nitrogens with zero attached hydrogens (tertiary/aromatic N) is 2. The molecular formula is C14H19FN2O4. The highest BCUT2D eigenvalue weighted by Gasteiger charge is 2.20. The van der Waals surface area contributed by atoms with Crippen molar-refractivity contribution in [2.75, 3.05) is 19.7 Å². The summed E-state index contributed by atoms with van der Waals surface area (Å²) in [7, 11) is 0. The predicted molar refractivity (Wildman–Crippen MR) is 75.3 cm³/mol. The van der Waals surface area contributed by atoms with E-state index < -0.39 is 22.4 Å². The first-order valence-corrected chi connectivity index (χ1v) is 6.79. The van der Waals surface area contributed by atoms with Gasteiger partial charge in [0.1, 0.15) is 0 Å². The molecule has 1 aromatic rings. The lowest BCUT2D eigenvalue weighted by Gasteiger charge is -2.20. The minimum absolute atomic E-state index is 0.0316. The molecule has 0 saturated heterocycles. The van der Waals surface area contributed by atoms with Gasteiger partial charge in [-0.3, -0.25) is 19.8 Å². The first kappa shape index (κ1) is 17.0. The third-order valence-electron chi connectivity index (χ3n) is 2.85. The Morgan fingerprint density at radius 1 is 1.43 bits per heavy atom. The van der Waals surface area contributed by atoms with E-state index >= 15 is 0 Å².